The molecule has 0 unspecified atom stereocenters. The summed E-state index contributed by atoms with van der Waals surface area (Å²) in [7, 11) is 1.80. The van der Waals surface area contributed by atoms with Crippen LogP contribution in [0.2, 0.25) is 0 Å². The summed E-state index contributed by atoms with van der Waals surface area (Å²) in [4.78, 5) is 20.5. The Balaban J connectivity index is 1.53. The predicted octanol–water partition coefficient (Wildman–Crippen LogP) is 4.90. The van der Waals surface area contributed by atoms with Crippen LogP contribution in [-0.2, 0) is 11.8 Å². The lowest BCUT2D eigenvalue weighted by Crippen LogP contribution is -2.26. The molecule has 1 aliphatic rings. The lowest BCUT2D eigenvalue weighted by molar-refractivity contribution is 0.0547. The van der Waals surface area contributed by atoms with Crippen molar-refractivity contribution in [1.82, 2.24) is 19.1 Å². The smallest absolute Gasteiger partial charge is 0.259 e. The van der Waals surface area contributed by atoms with Crippen LogP contribution in [-0.4, -0.2) is 32.3 Å². The monoisotopic (exact) mass is 438 g/mol. The molecule has 2 aromatic carbocycles. The summed E-state index contributed by atoms with van der Waals surface area (Å²) in [6, 6.07) is 19.1. The first-order valence-electron chi connectivity index (χ1n) is 11.5. The molecule has 1 saturated heterocycles. The minimum Gasteiger partial charge on any atom is -0.381 e. The van der Waals surface area contributed by atoms with E-state index in [-0.39, 0.29) is 11.6 Å². The maximum atomic E-state index is 12.5. The van der Waals surface area contributed by atoms with Gasteiger partial charge in [-0.2, -0.15) is 0 Å². The molecule has 1 atom stereocenters. The number of fused-ring (bicyclic) bond motifs is 2. The third-order valence-electron chi connectivity index (χ3n) is 6.93. The second-order valence-corrected chi connectivity index (χ2v) is 8.89. The number of hydrogen-bond donors (Lipinski definition) is 1. The zero-order chi connectivity index (χ0) is 22.4. The van der Waals surface area contributed by atoms with E-state index in [0.29, 0.717) is 11.3 Å². The molecule has 166 valence electrons. The number of benzene rings is 2. The Hall–Kier alpha value is -3.64. The number of pyridine rings is 1. The van der Waals surface area contributed by atoms with Gasteiger partial charge < -0.3 is 18.9 Å². The van der Waals surface area contributed by atoms with Gasteiger partial charge in [-0.25, -0.2) is 4.98 Å². The fourth-order valence-electron chi connectivity index (χ4n) is 5.25. The fraction of sp³-hybridized carbons (Fsp3) is 0.259. The zero-order valence-corrected chi connectivity index (χ0v) is 18.6. The SMILES string of the molecule is Cn1cc(-c2ccc3ncn([C@H](c4ccccc4)C4CCOCC4)c3c2)c2[nH]ccc2c1=O. The molecule has 4 heterocycles. The number of nitrogens with zero attached hydrogens (tertiary/aromatic N) is 3. The maximum absolute atomic E-state index is 12.5. The van der Waals surface area contributed by atoms with E-state index in [1.165, 1.54) is 5.56 Å². The molecular formula is C27H26N4O2. The first-order valence-corrected chi connectivity index (χ1v) is 11.5. The minimum atomic E-state index is 0.00442. The molecular weight excluding hydrogens is 412 g/mol. The van der Waals surface area contributed by atoms with Crippen LogP contribution < -0.4 is 5.56 Å². The summed E-state index contributed by atoms with van der Waals surface area (Å²) in [5.74, 6) is 0.481. The van der Waals surface area contributed by atoms with Crippen LogP contribution in [0.5, 0.6) is 0 Å². The Morgan fingerprint density at radius 2 is 1.91 bits per heavy atom. The third kappa shape index (κ3) is 3.38. The van der Waals surface area contributed by atoms with Crippen molar-refractivity contribution in [2.75, 3.05) is 13.2 Å². The molecule has 1 fully saturated rings. The maximum Gasteiger partial charge on any atom is 0.259 e. The van der Waals surface area contributed by atoms with Crippen LogP contribution in [0, 0.1) is 5.92 Å². The van der Waals surface area contributed by atoms with Crippen molar-refractivity contribution in [3.05, 3.63) is 89.2 Å². The summed E-state index contributed by atoms with van der Waals surface area (Å²) in [6.45, 7) is 1.60. The number of hydrogen-bond acceptors (Lipinski definition) is 3. The van der Waals surface area contributed by atoms with Crippen LogP contribution in [0.25, 0.3) is 33.1 Å². The van der Waals surface area contributed by atoms with Gasteiger partial charge in [0.15, 0.2) is 0 Å². The van der Waals surface area contributed by atoms with Crippen molar-refractivity contribution in [3.63, 3.8) is 0 Å². The van der Waals surface area contributed by atoms with Crippen molar-refractivity contribution in [3.8, 4) is 11.1 Å². The van der Waals surface area contributed by atoms with Crippen LogP contribution in [0.1, 0.15) is 24.4 Å². The van der Waals surface area contributed by atoms with E-state index in [2.05, 4.69) is 58.1 Å². The van der Waals surface area contributed by atoms with Gasteiger partial charge in [-0.3, -0.25) is 4.79 Å². The molecule has 0 saturated carbocycles. The first kappa shape index (κ1) is 20.0. The second-order valence-electron chi connectivity index (χ2n) is 8.89. The van der Waals surface area contributed by atoms with Gasteiger partial charge in [-0.05, 0) is 48.1 Å². The molecule has 33 heavy (non-hydrogen) atoms. The highest BCUT2D eigenvalue weighted by Crippen LogP contribution is 2.37. The normalized spacial score (nSPS) is 15.9. The molecule has 0 bridgehead atoms. The number of nitrogens with one attached hydrogen (secondary N) is 1. The number of aryl methyl sites for hydroxylation is 1. The predicted molar refractivity (Wildman–Crippen MR) is 130 cm³/mol. The molecule has 0 amide bonds. The van der Waals surface area contributed by atoms with Gasteiger partial charge in [-0.15, -0.1) is 0 Å². The van der Waals surface area contributed by atoms with Crippen molar-refractivity contribution in [2.24, 2.45) is 13.0 Å². The number of imidazole rings is 1. The van der Waals surface area contributed by atoms with Crippen molar-refractivity contribution in [2.45, 2.75) is 18.9 Å². The van der Waals surface area contributed by atoms with Crippen LogP contribution in [0.15, 0.2) is 78.1 Å². The van der Waals surface area contributed by atoms with E-state index >= 15 is 0 Å². The van der Waals surface area contributed by atoms with E-state index in [4.69, 9.17) is 9.72 Å². The van der Waals surface area contributed by atoms with Gasteiger partial charge in [0.05, 0.1) is 34.3 Å². The van der Waals surface area contributed by atoms with Gasteiger partial charge in [0.25, 0.3) is 5.56 Å². The van der Waals surface area contributed by atoms with Crippen molar-refractivity contribution in [1.29, 1.82) is 0 Å². The molecule has 1 aliphatic heterocycles. The standard InChI is InChI=1S/C27H26N4O2/c1-30-16-22(25-21(27(30)32)9-12-28-25)20-7-8-23-24(15-20)31(17-29-23)26(18-5-3-2-4-6-18)19-10-13-33-14-11-19/h2-9,12,15-17,19,26,28H,10-11,13-14H2,1H3/t26-/m1/s1. The average molecular weight is 439 g/mol. The van der Waals surface area contributed by atoms with E-state index in [0.717, 1.165) is 53.7 Å². The average Bonchev–Trinajstić information content (AvgIpc) is 3.51. The second kappa shape index (κ2) is 8.05. The Bertz CT molecular complexity index is 1490. The summed E-state index contributed by atoms with van der Waals surface area (Å²) in [5.41, 5.74) is 6.31. The van der Waals surface area contributed by atoms with Gasteiger partial charge in [-0.1, -0.05) is 36.4 Å². The Morgan fingerprint density at radius 1 is 1.09 bits per heavy atom. The third-order valence-corrected chi connectivity index (χ3v) is 6.93. The highest BCUT2D eigenvalue weighted by molar-refractivity contribution is 5.95. The Morgan fingerprint density at radius 3 is 2.73 bits per heavy atom. The highest BCUT2D eigenvalue weighted by Gasteiger charge is 2.28. The van der Waals surface area contributed by atoms with Gasteiger partial charge in [0, 0.05) is 38.2 Å². The summed E-state index contributed by atoms with van der Waals surface area (Å²) >= 11 is 0. The van der Waals surface area contributed by atoms with E-state index in [1.54, 1.807) is 11.6 Å². The van der Waals surface area contributed by atoms with E-state index in [9.17, 15) is 4.79 Å². The topological polar surface area (TPSA) is 64.8 Å². The van der Waals surface area contributed by atoms with E-state index in [1.807, 2.05) is 24.8 Å². The molecule has 3 aromatic heterocycles. The Labute approximate surface area is 191 Å². The number of aromatic amines is 1. The summed E-state index contributed by atoms with van der Waals surface area (Å²) in [6.07, 6.45) is 7.78. The molecule has 0 spiro atoms. The molecule has 0 radical (unpaired) electrons. The largest absolute Gasteiger partial charge is 0.381 e. The lowest BCUT2D eigenvalue weighted by Gasteiger charge is -2.32. The minimum absolute atomic E-state index is 0.00442. The first-order chi connectivity index (χ1) is 16.2. The van der Waals surface area contributed by atoms with Crippen molar-refractivity contribution >= 4 is 21.9 Å². The Kier molecular flexibility index (Phi) is 4.88. The van der Waals surface area contributed by atoms with E-state index < -0.39 is 0 Å². The lowest BCUT2D eigenvalue weighted by atomic mass is 9.86. The highest BCUT2D eigenvalue weighted by atomic mass is 16.5. The molecule has 6 nitrogen and oxygen atoms in total. The van der Waals surface area contributed by atoms with Crippen molar-refractivity contribution < 1.29 is 4.74 Å². The molecule has 5 aromatic rings. The van der Waals surface area contributed by atoms with Crippen LogP contribution in [0.4, 0.5) is 0 Å². The zero-order valence-electron chi connectivity index (χ0n) is 18.6. The van der Waals surface area contributed by atoms with Gasteiger partial charge in [0.1, 0.15) is 0 Å². The number of rotatable bonds is 4. The number of H-pyrrole nitrogens is 1. The van der Waals surface area contributed by atoms with Gasteiger partial charge >= 0.3 is 0 Å². The molecule has 0 aliphatic carbocycles. The van der Waals surface area contributed by atoms with Gasteiger partial charge in [0.2, 0.25) is 0 Å². The molecule has 6 rings (SSSR count). The molecule has 6 heteroatoms. The summed E-state index contributed by atoms with van der Waals surface area (Å²) in [5, 5.41) is 0.702. The summed E-state index contributed by atoms with van der Waals surface area (Å²) < 4.78 is 9.65. The number of aromatic nitrogens is 4. The molecule has 1 N–H and O–H groups in total. The number of ether oxygens (including phenoxy) is 1. The van der Waals surface area contributed by atoms with Crippen LogP contribution >= 0.6 is 0 Å². The van der Waals surface area contributed by atoms with Crippen LogP contribution in [0.3, 0.4) is 0 Å². The quantitative estimate of drug-likeness (QED) is 0.434. The fourth-order valence-corrected chi connectivity index (χ4v) is 5.25.